The van der Waals surface area contributed by atoms with Crippen LogP contribution in [0.3, 0.4) is 0 Å². The van der Waals surface area contributed by atoms with Crippen molar-refractivity contribution in [2.75, 3.05) is 26.2 Å². The Morgan fingerprint density at radius 3 is 2.56 bits per heavy atom. The summed E-state index contributed by atoms with van der Waals surface area (Å²) in [5.74, 6) is 1.68. The van der Waals surface area contributed by atoms with Gasteiger partial charge in [0.2, 0.25) is 5.91 Å². The van der Waals surface area contributed by atoms with E-state index in [0.717, 1.165) is 38.5 Å². The second-order valence-electron chi connectivity index (χ2n) is 5.73. The van der Waals surface area contributed by atoms with Gasteiger partial charge in [0, 0.05) is 19.5 Å². The first kappa shape index (κ1) is 15.5. The number of likely N-dealkylation sites (tertiary alicyclic amines) is 1. The van der Waals surface area contributed by atoms with Crippen molar-refractivity contribution in [2.45, 2.75) is 52.9 Å². The van der Waals surface area contributed by atoms with Crippen molar-refractivity contribution in [1.82, 2.24) is 10.2 Å². The lowest BCUT2D eigenvalue weighted by Crippen LogP contribution is -2.41. The van der Waals surface area contributed by atoms with Crippen molar-refractivity contribution in [3.05, 3.63) is 0 Å². The zero-order valence-electron chi connectivity index (χ0n) is 12.4. The summed E-state index contributed by atoms with van der Waals surface area (Å²) >= 11 is 0. The molecule has 0 aromatic rings. The Morgan fingerprint density at radius 2 is 2.00 bits per heavy atom. The van der Waals surface area contributed by atoms with E-state index < -0.39 is 0 Å². The Morgan fingerprint density at radius 1 is 1.33 bits per heavy atom. The molecule has 0 saturated carbocycles. The number of hydrogen-bond acceptors (Lipinski definition) is 2. The van der Waals surface area contributed by atoms with Crippen molar-refractivity contribution < 1.29 is 4.79 Å². The molecule has 0 spiro atoms. The number of hydrogen-bond donors (Lipinski definition) is 1. The Balaban J connectivity index is 2.23. The predicted octanol–water partition coefficient (Wildman–Crippen LogP) is 2.66. The van der Waals surface area contributed by atoms with Crippen molar-refractivity contribution in [1.29, 1.82) is 0 Å². The van der Waals surface area contributed by atoms with Gasteiger partial charge in [0.25, 0.3) is 0 Å². The summed E-state index contributed by atoms with van der Waals surface area (Å²) in [6, 6.07) is 0. The second kappa shape index (κ2) is 8.52. The van der Waals surface area contributed by atoms with E-state index in [0.29, 0.717) is 11.8 Å². The van der Waals surface area contributed by atoms with Gasteiger partial charge in [-0.05, 0) is 37.8 Å². The Kier molecular flexibility index (Phi) is 7.33. The maximum Gasteiger partial charge on any atom is 0.222 e. The fraction of sp³-hybridized carbons (Fsp3) is 0.933. The smallest absolute Gasteiger partial charge is 0.222 e. The summed E-state index contributed by atoms with van der Waals surface area (Å²) in [7, 11) is 0. The van der Waals surface area contributed by atoms with E-state index in [1.807, 2.05) is 0 Å². The molecule has 1 amide bonds. The van der Waals surface area contributed by atoms with Crippen LogP contribution in [0.5, 0.6) is 0 Å². The molecule has 0 aliphatic carbocycles. The molecule has 1 N–H and O–H groups in total. The average molecular weight is 254 g/mol. The number of piperidine rings is 1. The largest absolute Gasteiger partial charge is 0.343 e. The number of rotatable bonds is 7. The highest BCUT2D eigenvalue weighted by Crippen LogP contribution is 2.19. The molecule has 0 radical (unpaired) electrons. The standard InChI is InChI=1S/C15H30N2O/c1-4-6-13(3)11-15(18)17-9-7-14(8-10-17)12-16-5-2/h13-14,16H,4-12H2,1-3H3. The lowest BCUT2D eigenvalue weighted by molar-refractivity contribution is -0.133. The first-order valence-electron chi connectivity index (χ1n) is 7.65. The first-order chi connectivity index (χ1) is 8.67. The lowest BCUT2D eigenvalue weighted by Gasteiger charge is -2.32. The molecule has 1 heterocycles. The van der Waals surface area contributed by atoms with Gasteiger partial charge in [-0.2, -0.15) is 0 Å². The molecule has 18 heavy (non-hydrogen) atoms. The molecule has 1 fully saturated rings. The van der Waals surface area contributed by atoms with Crippen LogP contribution in [0, 0.1) is 11.8 Å². The number of carbonyl (C=O) groups excluding carboxylic acids is 1. The maximum absolute atomic E-state index is 12.1. The van der Waals surface area contributed by atoms with Crippen molar-refractivity contribution in [2.24, 2.45) is 11.8 Å². The van der Waals surface area contributed by atoms with Crippen molar-refractivity contribution in [3.8, 4) is 0 Å². The molecule has 0 aromatic heterocycles. The molecule has 1 aliphatic rings. The summed E-state index contributed by atoms with van der Waals surface area (Å²) in [6.45, 7) is 10.6. The summed E-state index contributed by atoms with van der Waals surface area (Å²) in [5, 5.41) is 3.41. The third-order valence-corrected chi connectivity index (χ3v) is 3.95. The molecule has 1 atom stereocenters. The van der Waals surface area contributed by atoms with E-state index >= 15 is 0 Å². The Labute approximate surface area is 112 Å². The molecule has 1 aliphatic heterocycles. The number of carbonyl (C=O) groups is 1. The summed E-state index contributed by atoms with van der Waals surface area (Å²) in [6.07, 6.45) is 5.43. The topological polar surface area (TPSA) is 32.3 Å². The van der Waals surface area contributed by atoms with Crippen LogP contribution in [-0.4, -0.2) is 37.0 Å². The molecule has 1 unspecified atom stereocenters. The molecule has 0 aromatic carbocycles. The Hall–Kier alpha value is -0.570. The van der Waals surface area contributed by atoms with Crippen molar-refractivity contribution in [3.63, 3.8) is 0 Å². The highest BCUT2D eigenvalue weighted by molar-refractivity contribution is 5.76. The minimum atomic E-state index is 0.373. The monoisotopic (exact) mass is 254 g/mol. The third-order valence-electron chi connectivity index (χ3n) is 3.95. The van der Waals surface area contributed by atoms with Crippen LogP contribution in [-0.2, 0) is 4.79 Å². The average Bonchev–Trinajstić information content (AvgIpc) is 2.37. The molecule has 3 heteroatoms. The summed E-state index contributed by atoms with van der Waals surface area (Å²) < 4.78 is 0. The van der Waals surface area contributed by atoms with E-state index in [9.17, 15) is 4.79 Å². The minimum absolute atomic E-state index is 0.373. The van der Waals surface area contributed by atoms with Crippen LogP contribution >= 0.6 is 0 Å². The maximum atomic E-state index is 12.1. The molecular formula is C15H30N2O. The Bertz CT molecular complexity index is 235. The van der Waals surface area contributed by atoms with E-state index in [-0.39, 0.29) is 0 Å². The zero-order chi connectivity index (χ0) is 13.4. The number of nitrogens with one attached hydrogen (secondary N) is 1. The van der Waals surface area contributed by atoms with Gasteiger partial charge in [0.15, 0.2) is 0 Å². The highest BCUT2D eigenvalue weighted by Gasteiger charge is 2.23. The third kappa shape index (κ3) is 5.38. The van der Waals surface area contributed by atoms with Gasteiger partial charge < -0.3 is 10.2 Å². The van der Waals surface area contributed by atoms with Crippen LogP contribution in [0.25, 0.3) is 0 Å². The molecule has 1 rings (SSSR count). The van der Waals surface area contributed by atoms with E-state index in [2.05, 4.69) is 31.0 Å². The van der Waals surface area contributed by atoms with Gasteiger partial charge >= 0.3 is 0 Å². The van der Waals surface area contributed by atoms with E-state index in [1.165, 1.54) is 25.7 Å². The van der Waals surface area contributed by atoms with Crippen molar-refractivity contribution >= 4 is 5.91 Å². The summed E-state index contributed by atoms with van der Waals surface area (Å²) in [5.41, 5.74) is 0. The SMILES string of the molecule is CCCC(C)CC(=O)N1CCC(CNCC)CC1. The van der Waals surface area contributed by atoms with E-state index in [1.54, 1.807) is 0 Å². The number of amides is 1. The molecule has 106 valence electrons. The fourth-order valence-electron chi connectivity index (χ4n) is 2.76. The van der Waals surface area contributed by atoms with E-state index in [4.69, 9.17) is 0 Å². The van der Waals surface area contributed by atoms with Crippen LogP contribution in [0.2, 0.25) is 0 Å². The van der Waals surface area contributed by atoms with Gasteiger partial charge in [-0.15, -0.1) is 0 Å². The van der Waals surface area contributed by atoms with Crippen LogP contribution < -0.4 is 5.32 Å². The molecule has 1 saturated heterocycles. The van der Waals surface area contributed by atoms with Gasteiger partial charge in [-0.3, -0.25) is 4.79 Å². The van der Waals surface area contributed by atoms with Crippen LogP contribution in [0.1, 0.15) is 52.9 Å². The first-order valence-corrected chi connectivity index (χ1v) is 7.65. The van der Waals surface area contributed by atoms with Gasteiger partial charge in [-0.25, -0.2) is 0 Å². The van der Waals surface area contributed by atoms with Gasteiger partial charge in [-0.1, -0.05) is 33.6 Å². The number of nitrogens with zero attached hydrogens (tertiary/aromatic N) is 1. The predicted molar refractivity (Wildman–Crippen MR) is 76.5 cm³/mol. The van der Waals surface area contributed by atoms with Crippen LogP contribution in [0.4, 0.5) is 0 Å². The van der Waals surface area contributed by atoms with Gasteiger partial charge in [0.05, 0.1) is 0 Å². The molecule has 3 nitrogen and oxygen atoms in total. The fourth-order valence-corrected chi connectivity index (χ4v) is 2.76. The molecular weight excluding hydrogens is 224 g/mol. The minimum Gasteiger partial charge on any atom is -0.343 e. The summed E-state index contributed by atoms with van der Waals surface area (Å²) in [4.78, 5) is 14.2. The molecule has 0 bridgehead atoms. The van der Waals surface area contributed by atoms with Gasteiger partial charge in [0.1, 0.15) is 0 Å². The normalized spacial score (nSPS) is 18.9. The highest BCUT2D eigenvalue weighted by atomic mass is 16.2. The lowest BCUT2D eigenvalue weighted by atomic mass is 9.95. The zero-order valence-corrected chi connectivity index (χ0v) is 12.4. The quantitative estimate of drug-likeness (QED) is 0.757. The van der Waals surface area contributed by atoms with Crippen LogP contribution in [0.15, 0.2) is 0 Å². The second-order valence-corrected chi connectivity index (χ2v) is 5.73.